The van der Waals surface area contributed by atoms with Crippen LogP contribution in [-0.2, 0) is 16.6 Å². The Kier molecular flexibility index (Phi) is 3.98. The third kappa shape index (κ3) is 3.24. The molecule has 0 aliphatic carbocycles. The van der Waals surface area contributed by atoms with E-state index in [0.29, 0.717) is 11.1 Å². The van der Waals surface area contributed by atoms with E-state index in [2.05, 4.69) is 4.72 Å². The van der Waals surface area contributed by atoms with Gasteiger partial charge in [-0.15, -0.1) is 0 Å². The Labute approximate surface area is 93.5 Å². The molecule has 0 heterocycles. The van der Waals surface area contributed by atoms with Crippen LogP contribution in [0.4, 0.5) is 8.78 Å². The Bertz CT molecular complexity index is 472. The van der Waals surface area contributed by atoms with E-state index in [1.807, 2.05) is 0 Å². The predicted octanol–water partition coefficient (Wildman–Crippen LogP) is 1.87. The highest BCUT2D eigenvalue weighted by Crippen LogP contribution is 2.10. The van der Waals surface area contributed by atoms with Crippen LogP contribution in [-0.4, -0.2) is 13.9 Å². The summed E-state index contributed by atoms with van der Waals surface area (Å²) >= 11 is 0. The Morgan fingerprint density at radius 2 is 2.06 bits per heavy atom. The molecule has 16 heavy (non-hydrogen) atoms. The Morgan fingerprint density at radius 1 is 1.44 bits per heavy atom. The van der Waals surface area contributed by atoms with Crippen molar-refractivity contribution in [2.45, 2.75) is 25.9 Å². The molecule has 0 fully saturated rings. The zero-order chi connectivity index (χ0) is 12.3. The van der Waals surface area contributed by atoms with Gasteiger partial charge in [-0.25, -0.2) is 21.9 Å². The first-order chi connectivity index (χ1) is 7.33. The maximum atomic E-state index is 12.9. The van der Waals surface area contributed by atoms with Gasteiger partial charge < -0.3 is 0 Å². The molecule has 1 rings (SSSR count). The van der Waals surface area contributed by atoms with Crippen LogP contribution in [0, 0.1) is 12.7 Å². The average molecular weight is 249 g/mol. The lowest BCUT2D eigenvalue weighted by atomic mass is 10.1. The van der Waals surface area contributed by atoms with Crippen molar-refractivity contribution in [1.29, 1.82) is 0 Å². The molecule has 0 aliphatic rings. The second-order valence-electron chi connectivity index (χ2n) is 3.49. The zero-order valence-electron chi connectivity index (χ0n) is 9.00. The molecule has 0 saturated carbocycles. The van der Waals surface area contributed by atoms with Gasteiger partial charge in [-0.2, -0.15) is 0 Å². The Balaban J connectivity index is 2.73. The maximum absolute atomic E-state index is 12.9. The van der Waals surface area contributed by atoms with Crippen molar-refractivity contribution in [2.75, 3.05) is 0 Å². The molecule has 1 unspecified atom stereocenters. The number of hydrogen-bond acceptors (Lipinski definition) is 2. The molecule has 0 aliphatic heterocycles. The molecule has 0 aromatic heterocycles. The summed E-state index contributed by atoms with van der Waals surface area (Å²) in [5.74, 6) is -0.356. The summed E-state index contributed by atoms with van der Waals surface area (Å²) in [6, 6.07) is 4.21. The summed E-state index contributed by atoms with van der Waals surface area (Å²) in [7, 11) is -3.93. The zero-order valence-corrected chi connectivity index (χ0v) is 9.81. The van der Waals surface area contributed by atoms with Crippen LogP contribution >= 0.6 is 0 Å². The number of benzene rings is 1. The fourth-order valence-electron chi connectivity index (χ4n) is 1.12. The van der Waals surface area contributed by atoms with Gasteiger partial charge in [0.15, 0.2) is 0 Å². The summed E-state index contributed by atoms with van der Waals surface area (Å²) < 4.78 is 49.8. The standard InChI is InChI=1S/C10H13F2NO2S/c1-7-5-9(3-4-10(7)12)6-13-16(14,15)8(2)11/h3-5,8,13H,6H2,1-2H3. The topological polar surface area (TPSA) is 46.2 Å². The molecule has 1 N–H and O–H groups in total. The second-order valence-corrected chi connectivity index (χ2v) is 5.52. The molecule has 1 atom stereocenters. The monoisotopic (exact) mass is 249 g/mol. The van der Waals surface area contributed by atoms with Crippen molar-refractivity contribution in [2.24, 2.45) is 0 Å². The van der Waals surface area contributed by atoms with E-state index in [4.69, 9.17) is 0 Å². The highest BCUT2D eigenvalue weighted by Gasteiger charge is 2.18. The third-order valence-corrected chi connectivity index (χ3v) is 3.53. The first-order valence-electron chi connectivity index (χ1n) is 4.70. The Morgan fingerprint density at radius 3 is 2.56 bits per heavy atom. The summed E-state index contributed by atoms with van der Waals surface area (Å²) in [6.07, 6.45) is 0. The molecule has 0 spiro atoms. The van der Waals surface area contributed by atoms with Gasteiger partial charge in [0.25, 0.3) is 0 Å². The van der Waals surface area contributed by atoms with Gasteiger partial charge in [0.05, 0.1) is 0 Å². The van der Waals surface area contributed by atoms with Crippen LogP contribution in [0.3, 0.4) is 0 Å². The minimum atomic E-state index is -3.93. The summed E-state index contributed by atoms with van der Waals surface area (Å²) in [5.41, 5.74) is -0.956. The fraction of sp³-hybridized carbons (Fsp3) is 0.400. The first kappa shape index (κ1) is 13.1. The molecule has 1 aromatic carbocycles. The number of hydrogen-bond donors (Lipinski definition) is 1. The molecular weight excluding hydrogens is 236 g/mol. The van der Waals surface area contributed by atoms with E-state index in [9.17, 15) is 17.2 Å². The SMILES string of the molecule is Cc1cc(CNS(=O)(=O)C(C)F)ccc1F. The van der Waals surface area contributed by atoms with Crippen LogP contribution in [0.1, 0.15) is 18.1 Å². The largest absolute Gasteiger partial charge is 0.243 e. The van der Waals surface area contributed by atoms with Crippen LogP contribution < -0.4 is 4.72 Å². The van der Waals surface area contributed by atoms with Crippen LogP contribution in [0.5, 0.6) is 0 Å². The van der Waals surface area contributed by atoms with E-state index < -0.39 is 15.5 Å². The number of nitrogens with one attached hydrogen (secondary N) is 1. The first-order valence-corrected chi connectivity index (χ1v) is 6.25. The van der Waals surface area contributed by atoms with Crippen molar-refractivity contribution in [3.63, 3.8) is 0 Å². The third-order valence-electron chi connectivity index (χ3n) is 2.13. The van der Waals surface area contributed by atoms with Gasteiger partial charge in [0.2, 0.25) is 15.5 Å². The highest BCUT2D eigenvalue weighted by molar-refractivity contribution is 7.89. The van der Waals surface area contributed by atoms with Gasteiger partial charge in [0, 0.05) is 6.54 Å². The van der Waals surface area contributed by atoms with E-state index in [0.717, 1.165) is 6.92 Å². The highest BCUT2D eigenvalue weighted by atomic mass is 32.2. The van der Waals surface area contributed by atoms with Crippen molar-refractivity contribution in [3.05, 3.63) is 35.1 Å². The van der Waals surface area contributed by atoms with E-state index in [1.165, 1.54) is 18.2 Å². The van der Waals surface area contributed by atoms with Gasteiger partial charge in [-0.05, 0) is 31.0 Å². The van der Waals surface area contributed by atoms with Crippen molar-refractivity contribution in [3.8, 4) is 0 Å². The number of aryl methyl sites for hydroxylation is 1. The van der Waals surface area contributed by atoms with Crippen LogP contribution in [0.25, 0.3) is 0 Å². The summed E-state index contributed by atoms with van der Waals surface area (Å²) in [5, 5.41) is 0. The predicted molar refractivity (Wildman–Crippen MR) is 57.5 cm³/mol. The van der Waals surface area contributed by atoms with Gasteiger partial charge in [-0.1, -0.05) is 12.1 Å². The van der Waals surface area contributed by atoms with Crippen LogP contribution in [0.2, 0.25) is 0 Å². The lowest BCUT2D eigenvalue weighted by Crippen LogP contribution is -2.29. The van der Waals surface area contributed by atoms with Crippen molar-refractivity contribution in [1.82, 2.24) is 4.72 Å². The molecule has 1 aromatic rings. The number of halogens is 2. The molecular formula is C10H13F2NO2S. The second kappa shape index (κ2) is 4.88. The molecule has 3 nitrogen and oxygen atoms in total. The normalized spacial score (nSPS) is 13.8. The van der Waals surface area contributed by atoms with Crippen LogP contribution in [0.15, 0.2) is 18.2 Å². The van der Waals surface area contributed by atoms with Crippen molar-refractivity contribution >= 4 is 10.0 Å². The summed E-state index contributed by atoms with van der Waals surface area (Å²) in [6.45, 7) is 2.47. The molecule has 6 heteroatoms. The lowest BCUT2D eigenvalue weighted by Gasteiger charge is -2.08. The Hall–Kier alpha value is -1.01. The van der Waals surface area contributed by atoms with Gasteiger partial charge >= 0.3 is 0 Å². The minimum absolute atomic E-state index is 0.0439. The quantitative estimate of drug-likeness (QED) is 0.885. The van der Waals surface area contributed by atoms with Gasteiger partial charge in [0.1, 0.15) is 5.82 Å². The van der Waals surface area contributed by atoms with E-state index in [1.54, 1.807) is 6.92 Å². The lowest BCUT2D eigenvalue weighted by molar-refractivity contribution is 0.437. The molecule has 0 saturated heterocycles. The van der Waals surface area contributed by atoms with Gasteiger partial charge in [-0.3, -0.25) is 0 Å². The van der Waals surface area contributed by atoms with Crippen molar-refractivity contribution < 1.29 is 17.2 Å². The molecule has 90 valence electrons. The average Bonchev–Trinajstić information content (AvgIpc) is 2.20. The molecule has 0 radical (unpaired) electrons. The minimum Gasteiger partial charge on any atom is -0.229 e. The van der Waals surface area contributed by atoms with E-state index in [-0.39, 0.29) is 12.4 Å². The number of sulfonamides is 1. The fourth-order valence-corrected chi connectivity index (χ4v) is 1.71. The smallest absolute Gasteiger partial charge is 0.229 e. The number of alkyl halides is 1. The molecule has 0 bridgehead atoms. The van der Waals surface area contributed by atoms with E-state index >= 15 is 0 Å². The maximum Gasteiger partial charge on any atom is 0.243 e. The molecule has 0 amide bonds. The number of rotatable bonds is 4. The summed E-state index contributed by atoms with van der Waals surface area (Å²) in [4.78, 5) is 0.